The van der Waals surface area contributed by atoms with Crippen LogP contribution in [-0.4, -0.2) is 35.4 Å². The zero-order valence-electron chi connectivity index (χ0n) is 10.4. The van der Waals surface area contributed by atoms with Crippen LogP contribution in [0.5, 0.6) is 0 Å². The molecule has 1 aliphatic heterocycles. The highest BCUT2D eigenvalue weighted by atomic mass is 16.6. The molecule has 0 bridgehead atoms. The van der Waals surface area contributed by atoms with Crippen molar-refractivity contribution in [1.82, 2.24) is 0 Å². The summed E-state index contributed by atoms with van der Waals surface area (Å²) in [6.45, 7) is 8.81. The molecule has 0 aliphatic carbocycles. The molecule has 17 heavy (non-hydrogen) atoms. The van der Waals surface area contributed by atoms with Crippen LogP contribution < -0.4 is 0 Å². The average Bonchev–Trinajstić information content (AvgIpc) is 2.93. The fraction of sp³-hybridized carbons (Fsp3) is 0.667. The summed E-state index contributed by atoms with van der Waals surface area (Å²) in [5.41, 5.74) is -2.05. The standard InChI is InChI=1S/C12H18O5/c1-5-7-11(3,10(15)16-6-2)12(4)8(17-12)9(13)14/h5,8H,1,6-7H2,2-4H3,(H,13,14). The molecule has 1 rings (SSSR count). The molecule has 3 unspecified atom stereocenters. The van der Waals surface area contributed by atoms with E-state index in [1.807, 2.05) is 0 Å². The summed E-state index contributed by atoms with van der Waals surface area (Å²) in [5, 5.41) is 8.93. The zero-order valence-corrected chi connectivity index (χ0v) is 10.4. The number of carboxylic acids is 1. The fourth-order valence-electron chi connectivity index (χ4n) is 1.98. The van der Waals surface area contributed by atoms with Crippen molar-refractivity contribution < 1.29 is 24.2 Å². The van der Waals surface area contributed by atoms with Gasteiger partial charge in [0.15, 0.2) is 6.10 Å². The van der Waals surface area contributed by atoms with Crippen LogP contribution in [-0.2, 0) is 19.1 Å². The SMILES string of the molecule is C=CCC(C)(C(=O)OCC)C1(C)OC1C(=O)O. The molecule has 0 amide bonds. The summed E-state index contributed by atoms with van der Waals surface area (Å²) >= 11 is 0. The molecular formula is C12H18O5. The Hall–Kier alpha value is -1.36. The molecule has 0 saturated carbocycles. The number of hydrogen-bond donors (Lipinski definition) is 1. The van der Waals surface area contributed by atoms with Crippen molar-refractivity contribution in [2.24, 2.45) is 5.41 Å². The summed E-state index contributed by atoms with van der Waals surface area (Å²) in [6, 6.07) is 0. The van der Waals surface area contributed by atoms with Crippen molar-refractivity contribution in [3.05, 3.63) is 12.7 Å². The summed E-state index contributed by atoms with van der Waals surface area (Å²) < 4.78 is 10.2. The lowest BCUT2D eigenvalue weighted by molar-refractivity contribution is -0.158. The minimum Gasteiger partial charge on any atom is -0.479 e. The lowest BCUT2D eigenvalue weighted by Gasteiger charge is -2.30. The highest BCUT2D eigenvalue weighted by molar-refractivity contribution is 5.84. The van der Waals surface area contributed by atoms with Crippen LogP contribution in [0.1, 0.15) is 27.2 Å². The second-order valence-electron chi connectivity index (χ2n) is 4.49. The summed E-state index contributed by atoms with van der Waals surface area (Å²) in [6.07, 6.45) is 0.923. The molecular weight excluding hydrogens is 224 g/mol. The molecule has 1 saturated heterocycles. The van der Waals surface area contributed by atoms with Crippen molar-refractivity contribution in [1.29, 1.82) is 0 Å². The van der Waals surface area contributed by atoms with Crippen molar-refractivity contribution in [3.63, 3.8) is 0 Å². The molecule has 0 aromatic carbocycles. The molecule has 3 atom stereocenters. The molecule has 1 aliphatic rings. The van der Waals surface area contributed by atoms with Gasteiger partial charge in [0.25, 0.3) is 0 Å². The minimum absolute atomic E-state index is 0.249. The molecule has 1 N–H and O–H groups in total. The van der Waals surface area contributed by atoms with E-state index in [0.717, 1.165) is 0 Å². The number of carboxylic acid groups (broad SMARTS) is 1. The number of hydrogen-bond acceptors (Lipinski definition) is 4. The third kappa shape index (κ3) is 2.07. The van der Waals surface area contributed by atoms with E-state index in [4.69, 9.17) is 14.6 Å². The first-order chi connectivity index (χ1) is 7.83. The maximum atomic E-state index is 12.0. The van der Waals surface area contributed by atoms with Gasteiger partial charge in [-0.15, -0.1) is 6.58 Å². The lowest BCUT2D eigenvalue weighted by atomic mass is 9.73. The third-order valence-electron chi connectivity index (χ3n) is 3.40. The van der Waals surface area contributed by atoms with Crippen LogP contribution in [0.15, 0.2) is 12.7 Å². The normalized spacial score (nSPS) is 30.2. The van der Waals surface area contributed by atoms with Crippen LogP contribution >= 0.6 is 0 Å². The predicted octanol–water partition coefficient (Wildman–Crippen LogP) is 1.37. The van der Waals surface area contributed by atoms with E-state index in [0.29, 0.717) is 6.42 Å². The maximum absolute atomic E-state index is 12.0. The quantitative estimate of drug-likeness (QED) is 0.432. The molecule has 96 valence electrons. The summed E-state index contributed by atoms with van der Waals surface area (Å²) in [7, 11) is 0. The predicted molar refractivity (Wildman–Crippen MR) is 60.5 cm³/mol. The van der Waals surface area contributed by atoms with Gasteiger partial charge in [0.1, 0.15) is 11.0 Å². The smallest absolute Gasteiger partial charge is 0.335 e. The van der Waals surface area contributed by atoms with Gasteiger partial charge >= 0.3 is 11.9 Å². The Morgan fingerprint density at radius 1 is 1.65 bits per heavy atom. The van der Waals surface area contributed by atoms with E-state index in [1.54, 1.807) is 26.8 Å². The Morgan fingerprint density at radius 3 is 2.59 bits per heavy atom. The van der Waals surface area contributed by atoms with Gasteiger partial charge in [-0.25, -0.2) is 4.79 Å². The summed E-state index contributed by atoms with van der Waals surface area (Å²) in [5.74, 6) is -1.52. The minimum atomic E-state index is -1.06. The monoisotopic (exact) mass is 242 g/mol. The second kappa shape index (κ2) is 4.49. The van der Waals surface area contributed by atoms with Gasteiger partial charge in [0.05, 0.1) is 6.61 Å². The Kier molecular flexibility index (Phi) is 3.62. The Bertz CT molecular complexity index is 351. The number of aliphatic carboxylic acids is 1. The Balaban J connectivity index is 2.97. The first-order valence-corrected chi connectivity index (χ1v) is 5.52. The average molecular weight is 242 g/mol. The van der Waals surface area contributed by atoms with E-state index < -0.39 is 29.1 Å². The van der Waals surface area contributed by atoms with E-state index in [2.05, 4.69) is 6.58 Å². The maximum Gasteiger partial charge on any atom is 0.335 e. The molecule has 5 heteroatoms. The zero-order chi connectivity index (χ0) is 13.3. The number of esters is 1. The topological polar surface area (TPSA) is 76.1 Å². The van der Waals surface area contributed by atoms with Crippen molar-refractivity contribution >= 4 is 11.9 Å². The largest absolute Gasteiger partial charge is 0.479 e. The fourth-order valence-corrected chi connectivity index (χ4v) is 1.98. The van der Waals surface area contributed by atoms with Crippen LogP contribution in [0.25, 0.3) is 0 Å². The van der Waals surface area contributed by atoms with E-state index in [-0.39, 0.29) is 6.61 Å². The first-order valence-electron chi connectivity index (χ1n) is 5.52. The van der Waals surface area contributed by atoms with Gasteiger partial charge in [-0.3, -0.25) is 4.79 Å². The summed E-state index contributed by atoms with van der Waals surface area (Å²) in [4.78, 5) is 22.9. The molecule has 0 aromatic heterocycles. The number of allylic oxidation sites excluding steroid dienone is 1. The van der Waals surface area contributed by atoms with Crippen molar-refractivity contribution in [3.8, 4) is 0 Å². The van der Waals surface area contributed by atoms with Crippen molar-refractivity contribution in [2.45, 2.75) is 38.9 Å². The Labute approximate surface area is 100 Å². The third-order valence-corrected chi connectivity index (χ3v) is 3.40. The van der Waals surface area contributed by atoms with E-state index in [9.17, 15) is 9.59 Å². The highest BCUT2D eigenvalue weighted by Crippen LogP contribution is 2.53. The number of rotatable bonds is 6. The van der Waals surface area contributed by atoms with Gasteiger partial charge < -0.3 is 14.6 Å². The first kappa shape index (κ1) is 13.7. The van der Waals surface area contributed by atoms with Crippen LogP contribution in [0.3, 0.4) is 0 Å². The van der Waals surface area contributed by atoms with Crippen LogP contribution in [0.2, 0.25) is 0 Å². The second-order valence-corrected chi connectivity index (χ2v) is 4.49. The van der Waals surface area contributed by atoms with Crippen LogP contribution in [0, 0.1) is 5.41 Å². The van der Waals surface area contributed by atoms with Crippen molar-refractivity contribution in [2.75, 3.05) is 6.61 Å². The lowest BCUT2D eigenvalue weighted by Crippen LogP contribution is -2.44. The molecule has 1 heterocycles. The molecule has 0 spiro atoms. The van der Waals surface area contributed by atoms with Gasteiger partial charge in [0, 0.05) is 0 Å². The molecule has 1 fully saturated rings. The van der Waals surface area contributed by atoms with Gasteiger partial charge in [-0.05, 0) is 27.2 Å². The van der Waals surface area contributed by atoms with Crippen LogP contribution in [0.4, 0.5) is 0 Å². The van der Waals surface area contributed by atoms with E-state index >= 15 is 0 Å². The molecule has 0 aromatic rings. The van der Waals surface area contributed by atoms with E-state index in [1.165, 1.54) is 0 Å². The molecule has 0 radical (unpaired) electrons. The number of carbonyl (C=O) groups excluding carboxylic acids is 1. The number of epoxide rings is 1. The number of ether oxygens (including phenoxy) is 2. The molecule has 5 nitrogen and oxygen atoms in total. The van der Waals surface area contributed by atoms with Gasteiger partial charge in [0.2, 0.25) is 0 Å². The Morgan fingerprint density at radius 2 is 2.24 bits per heavy atom. The number of carbonyl (C=O) groups is 2. The van der Waals surface area contributed by atoms with Gasteiger partial charge in [-0.1, -0.05) is 6.08 Å². The van der Waals surface area contributed by atoms with Gasteiger partial charge in [-0.2, -0.15) is 0 Å². The highest BCUT2D eigenvalue weighted by Gasteiger charge is 2.70.